The van der Waals surface area contributed by atoms with Gasteiger partial charge >= 0.3 is 0 Å². The molecular formula is C24H31Cl2N3O4S. The van der Waals surface area contributed by atoms with Gasteiger partial charge in [-0.3, -0.25) is 13.9 Å². The first-order valence-corrected chi connectivity index (χ1v) is 13.4. The van der Waals surface area contributed by atoms with Crippen molar-refractivity contribution in [3.05, 3.63) is 63.1 Å². The fourth-order valence-electron chi connectivity index (χ4n) is 3.41. The molecule has 7 nitrogen and oxygen atoms in total. The van der Waals surface area contributed by atoms with Crippen LogP contribution >= 0.6 is 23.2 Å². The van der Waals surface area contributed by atoms with Crippen molar-refractivity contribution in [1.82, 2.24) is 10.2 Å². The SMILES string of the molecule is Cc1ccc(C)c(N(CC(=O)N(Cc2ccc(Cl)c(Cl)c2)[C@H](C)C(=O)NC(C)C)S(C)(=O)=O)c1. The molecule has 0 saturated heterocycles. The first-order chi connectivity index (χ1) is 15.7. The average molecular weight is 529 g/mol. The van der Waals surface area contributed by atoms with Crippen molar-refractivity contribution in [3.63, 3.8) is 0 Å². The van der Waals surface area contributed by atoms with Crippen LogP contribution < -0.4 is 9.62 Å². The highest BCUT2D eigenvalue weighted by Crippen LogP contribution is 2.26. The minimum absolute atomic E-state index is 0.0484. The third-order valence-electron chi connectivity index (χ3n) is 5.25. The van der Waals surface area contributed by atoms with Crippen molar-refractivity contribution < 1.29 is 18.0 Å². The Hall–Kier alpha value is -2.29. The maximum atomic E-state index is 13.5. The van der Waals surface area contributed by atoms with Gasteiger partial charge in [-0.2, -0.15) is 0 Å². The summed E-state index contributed by atoms with van der Waals surface area (Å²) in [6, 6.07) is 9.36. The number of benzene rings is 2. The van der Waals surface area contributed by atoms with Crippen LogP contribution in [0.15, 0.2) is 36.4 Å². The maximum Gasteiger partial charge on any atom is 0.244 e. The van der Waals surface area contributed by atoms with Gasteiger partial charge in [0.2, 0.25) is 21.8 Å². The van der Waals surface area contributed by atoms with E-state index in [0.717, 1.165) is 16.1 Å². The number of rotatable bonds is 9. The summed E-state index contributed by atoms with van der Waals surface area (Å²) in [4.78, 5) is 27.7. The van der Waals surface area contributed by atoms with Crippen molar-refractivity contribution in [1.29, 1.82) is 0 Å². The Balaban J connectivity index is 2.46. The highest BCUT2D eigenvalue weighted by atomic mass is 35.5. The van der Waals surface area contributed by atoms with Gasteiger partial charge in [-0.25, -0.2) is 8.42 Å². The summed E-state index contributed by atoms with van der Waals surface area (Å²) in [5.41, 5.74) is 2.65. The van der Waals surface area contributed by atoms with Crippen molar-refractivity contribution in [3.8, 4) is 0 Å². The molecule has 0 unspecified atom stereocenters. The summed E-state index contributed by atoms with van der Waals surface area (Å²) >= 11 is 12.2. The summed E-state index contributed by atoms with van der Waals surface area (Å²) in [6.45, 7) is 8.47. The monoisotopic (exact) mass is 527 g/mol. The van der Waals surface area contributed by atoms with Crippen LogP contribution in [0.1, 0.15) is 37.5 Å². The molecule has 0 saturated carbocycles. The van der Waals surface area contributed by atoms with E-state index in [-0.39, 0.29) is 18.5 Å². The number of amides is 2. The molecule has 2 rings (SSSR count). The van der Waals surface area contributed by atoms with Crippen molar-refractivity contribution in [2.75, 3.05) is 17.1 Å². The standard InChI is InChI=1S/C24H31Cl2N3O4S/c1-15(2)27-24(31)18(5)28(13-19-9-10-20(25)21(26)12-19)23(30)14-29(34(6,32)33)22-11-16(3)7-8-17(22)4/h7-12,15,18H,13-14H2,1-6H3,(H,27,31)/t18-/m1/s1. The smallest absolute Gasteiger partial charge is 0.244 e. The Morgan fingerprint density at radius 1 is 1.00 bits per heavy atom. The van der Waals surface area contributed by atoms with E-state index in [1.54, 1.807) is 44.2 Å². The van der Waals surface area contributed by atoms with E-state index in [9.17, 15) is 18.0 Å². The Kier molecular flexibility index (Phi) is 9.39. The zero-order valence-electron chi connectivity index (χ0n) is 20.2. The Bertz CT molecular complexity index is 1170. The molecule has 2 aromatic rings. The second-order valence-electron chi connectivity index (χ2n) is 8.67. The largest absolute Gasteiger partial charge is 0.352 e. The number of sulfonamides is 1. The van der Waals surface area contributed by atoms with Crippen LogP contribution in [0.5, 0.6) is 0 Å². The number of anilines is 1. The molecule has 0 fully saturated rings. The fraction of sp³-hybridized carbons (Fsp3) is 0.417. The van der Waals surface area contributed by atoms with E-state index >= 15 is 0 Å². The van der Waals surface area contributed by atoms with Crippen LogP contribution in [-0.4, -0.2) is 50.0 Å². The van der Waals surface area contributed by atoms with E-state index in [0.29, 0.717) is 26.9 Å². The highest BCUT2D eigenvalue weighted by molar-refractivity contribution is 7.92. The number of nitrogens with zero attached hydrogens (tertiary/aromatic N) is 2. The van der Waals surface area contributed by atoms with E-state index < -0.39 is 28.5 Å². The molecule has 0 radical (unpaired) electrons. The van der Waals surface area contributed by atoms with Gasteiger partial charge in [-0.1, -0.05) is 41.4 Å². The molecule has 0 aromatic heterocycles. The summed E-state index contributed by atoms with van der Waals surface area (Å²) in [7, 11) is -3.79. The predicted molar refractivity (Wildman–Crippen MR) is 138 cm³/mol. The number of nitrogens with one attached hydrogen (secondary N) is 1. The molecule has 10 heteroatoms. The number of aryl methyl sites for hydroxylation is 2. The molecule has 34 heavy (non-hydrogen) atoms. The number of hydrogen-bond acceptors (Lipinski definition) is 4. The summed E-state index contributed by atoms with van der Waals surface area (Å²) < 4.78 is 26.4. The zero-order chi connectivity index (χ0) is 25.8. The van der Waals surface area contributed by atoms with Crippen LogP contribution in [0.3, 0.4) is 0 Å². The summed E-state index contributed by atoms with van der Waals surface area (Å²) in [5, 5.41) is 3.49. The normalized spacial score (nSPS) is 12.4. The van der Waals surface area contributed by atoms with Gasteiger partial charge in [0.25, 0.3) is 0 Å². The number of carbonyl (C=O) groups excluding carboxylic acids is 2. The van der Waals surface area contributed by atoms with Crippen molar-refractivity contribution in [2.45, 2.75) is 53.2 Å². The minimum atomic E-state index is -3.79. The van der Waals surface area contributed by atoms with Crippen LogP contribution in [0.4, 0.5) is 5.69 Å². The lowest BCUT2D eigenvalue weighted by atomic mass is 10.1. The summed E-state index contributed by atoms with van der Waals surface area (Å²) in [6.07, 6.45) is 1.06. The van der Waals surface area contributed by atoms with Crippen molar-refractivity contribution >= 4 is 50.7 Å². The molecular weight excluding hydrogens is 497 g/mol. The molecule has 0 spiro atoms. The Labute approximate surface area is 212 Å². The van der Waals surface area contributed by atoms with E-state index in [1.807, 2.05) is 26.8 Å². The average Bonchev–Trinajstić information content (AvgIpc) is 2.72. The quantitative estimate of drug-likeness (QED) is 0.526. The van der Waals surface area contributed by atoms with Crippen LogP contribution in [0.25, 0.3) is 0 Å². The van der Waals surface area contributed by atoms with E-state index in [1.165, 1.54) is 4.90 Å². The van der Waals surface area contributed by atoms with E-state index in [4.69, 9.17) is 23.2 Å². The number of hydrogen-bond donors (Lipinski definition) is 1. The topological polar surface area (TPSA) is 86.8 Å². The first kappa shape index (κ1) is 28.0. The molecule has 2 aromatic carbocycles. The van der Waals surface area contributed by atoms with E-state index in [2.05, 4.69) is 5.32 Å². The lowest BCUT2D eigenvalue weighted by Crippen LogP contribution is -2.52. The highest BCUT2D eigenvalue weighted by Gasteiger charge is 2.30. The molecule has 0 bridgehead atoms. The van der Waals surface area contributed by atoms with Gasteiger partial charge < -0.3 is 10.2 Å². The third kappa shape index (κ3) is 7.35. The maximum absolute atomic E-state index is 13.5. The number of halogens is 2. The molecule has 1 atom stereocenters. The summed E-state index contributed by atoms with van der Waals surface area (Å²) in [5.74, 6) is -0.870. The molecule has 2 amide bonds. The lowest BCUT2D eigenvalue weighted by molar-refractivity contribution is -0.139. The molecule has 0 aliphatic rings. The molecule has 1 N–H and O–H groups in total. The Morgan fingerprint density at radius 3 is 2.21 bits per heavy atom. The minimum Gasteiger partial charge on any atom is -0.352 e. The Morgan fingerprint density at radius 2 is 1.65 bits per heavy atom. The predicted octanol–water partition coefficient (Wildman–Crippen LogP) is 4.32. The van der Waals surface area contributed by atoms with Gasteiger partial charge in [-0.05, 0) is 69.5 Å². The van der Waals surface area contributed by atoms with Gasteiger partial charge in [0.1, 0.15) is 12.6 Å². The van der Waals surface area contributed by atoms with Gasteiger partial charge in [0.05, 0.1) is 22.0 Å². The van der Waals surface area contributed by atoms with Crippen LogP contribution in [0.2, 0.25) is 10.0 Å². The third-order valence-corrected chi connectivity index (χ3v) is 7.11. The van der Waals surface area contributed by atoms with Crippen LogP contribution in [-0.2, 0) is 26.2 Å². The van der Waals surface area contributed by atoms with Gasteiger partial charge in [0.15, 0.2) is 0 Å². The molecule has 0 aliphatic carbocycles. The molecule has 0 aliphatic heterocycles. The van der Waals surface area contributed by atoms with Crippen LogP contribution in [0, 0.1) is 13.8 Å². The second kappa shape index (κ2) is 11.4. The second-order valence-corrected chi connectivity index (χ2v) is 11.4. The van der Waals surface area contributed by atoms with Crippen molar-refractivity contribution in [2.24, 2.45) is 0 Å². The van der Waals surface area contributed by atoms with Gasteiger partial charge in [-0.15, -0.1) is 0 Å². The molecule has 0 heterocycles. The fourth-order valence-corrected chi connectivity index (χ4v) is 4.62. The number of carbonyl (C=O) groups is 2. The molecule has 186 valence electrons. The first-order valence-electron chi connectivity index (χ1n) is 10.8. The zero-order valence-corrected chi connectivity index (χ0v) is 22.6. The van der Waals surface area contributed by atoms with Gasteiger partial charge in [0, 0.05) is 12.6 Å². The lowest BCUT2D eigenvalue weighted by Gasteiger charge is -2.32.